The molecule has 2 amide bonds. The molecule has 0 radical (unpaired) electrons. The Labute approximate surface area is 214 Å². The Balaban J connectivity index is 1.68. The van der Waals surface area contributed by atoms with Crippen molar-refractivity contribution in [2.75, 3.05) is 23.8 Å². The number of methoxy groups -OCH3 is 1. The van der Waals surface area contributed by atoms with Crippen LogP contribution in [0.3, 0.4) is 0 Å². The third-order valence-electron chi connectivity index (χ3n) is 5.63. The molecule has 0 atom stereocenters. The van der Waals surface area contributed by atoms with E-state index in [1.807, 2.05) is 0 Å². The largest absolute Gasteiger partial charge is 0.495 e. The number of anilines is 3. The van der Waals surface area contributed by atoms with Gasteiger partial charge in [0.15, 0.2) is 5.82 Å². The van der Waals surface area contributed by atoms with Crippen LogP contribution in [0.4, 0.5) is 22.1 Å². The van der Waals surface area contributed by atoms with Crippen LogP contribution in [0, 0.1) is 17.8 Å². The van der Waals surface area contributed by atoms with E-state index in [1.54, 1.807) is 12.1 Å². The van der Waals surface area contributed by atoms with Gasteiger partial charge in [-0.05, 0) is 37.1 Å². The van der Waals surface area contributed by atoms with Crippen LogP contribution < -0.4 is 19.7 Å². The predicted molar refractivity (Wildman–Crippen MR) is 135 cm³/mol. The van der Waals surface area contributed by atoms with Crippen LogP contribution in [-0.4, -0.2) is 38.7 Å². The first-order chi connectivity index (χ1) is 17.3. The quantitative estimate of drug-likeness (QED) is 0.448. The highest BCUT2D eigenvalue weighted by atomic mass is 35.5. The summed E-state index contributed by atoms with van der Waals surface area (Å²) in [6.45, 7) is 0. The van der Waals surface area contributed by atoms with Crippen molar-refractivity contribution in [2.24, 2.45) is 5.92 Å². The Morgan fingerprint density at radius 2 is 2.03 bits per heavy atom. The topological polar surface area (TPSA) is 127 Å². The molecular formula is C24H24ClN5O5S. The molecule has 0 bridgehead atoms. The average Bonchev–Trinajstić information content (AvgIpc) is 3.58. The lowest BCUT2D eigenvalue weighted by atomic mass is 10.1. The summed E-state index contributed by atoms with van der Waals surface area (Å²) in [5, 5.41) is 6.44. The third-order valence-corrected chi connectivity index (χ3v) is 7.28. The fourth-order valence-corrected chi connectivity index (χ4v) is 4.94. The number of urea groups is 1. The Bertz CT molecular complexity index is 1390. The highest BCUT2D eigenvalue weighted by Crippen LogP contribution is 2.37. The molecule has 1 aliphatic carbocycles. The monoisotopic (exact) mass is 529 g/mol. The van der Waals surface area contributed by atoms with Crippen molar-refractivity contribution in [3.05, 3.63) is 53.4 Å². The summed E-state index contributed by atoms with van der Waals surface area (Å²) in [7, 11) is -1.03. The van der Waals surface area contributed by atoms with Crippen LogP contribution in [0.1, 0.15) is 31.2 Å². The second-order valence-electron chi connectivity index (χ2n) is 7.99. The van der Waals surface area contributed by atoms with Crippen molar-refractivity contribution in [3.8, 4) is 17.6 Å². The molecule has 0 aliphatic heterocycles. The number of pyridine rings is 1. The fraction of sp³-hybridized carbons (Fsp3) is 0.292. The lowest BCUT2D eigenvalue weighted by Crippen LogP contribution is -2.35. The van der Waals surface area contributed by atoms with E-state index in [0.29, 0.717) is 27.9 Å². The number of aromatic nitrogens is 2. The van der Waals surface area contributed by atoms with Crippen LogP contribution in [-0.2, 0) is 10.0 Å². The minimum atomic E-state index is -3.97. The highest BCUT2D eigenvalue weighted by molar-refractivity contribution is 7.92. The van der Waals surface area contributed by atoms with E-state index in [9.17, 15) is 13.2 Å². The minimum Gasteiger partial charge on any atom is -0.495 e. The molecule has 10 nitrogen and oxygen atoms in total. The predicted octanol–water partition coefficient (Wildman–Crippen LogP) is 4.55. The molecule has 12 heteroatoms. The maximum absolute atomic E-state index is 12.9. The van der Waals surface area contributed by atoms with Gasteiger partial charge in [-0.15, -0.1) is 0 Å². The number of hydrogen-bond acceptors (Lipinski definition) is 7. The number of carbonyl (C=O) groups excluding carboxylic acids is 1. The summed E-state index contributed by atoms with van der Waals surface area (Å²) >= 11 is 6.54. The number of hydrogen-bond donors (Lipinski definition) is 2. The molecule has 0 saturated heterocycles. The lowest BCUT2D eigenvalue weighted by molar-refractivity contribution is 0.250. The van der Waals surface area contributed by atoms with E-state index in [1.165, 1.54) is 56.4 Å². The van der Waals surface area contributed by atoms with Crippen molar-refractivity contribution in [2.45, 2.75) is 30.6 Å². The van der Waals surface area contributed by atoms with Gasteiger partial charge in [0, 0.05) is 30.8 Å². The summed E-state index contributed by atoms with van der Waals surface area (Å²) in [4.78, 5) is 18.2. The molecule has 1 fully saturated rings. The first-order valence-corrected chi connectivity index (χ1v) is 13.0. The Morgan fingerprint density at radius 1 is 1.25 bits per heavy atom. The van der Waals surface area contributed by atoms with Crippen molar-refractivity contribution >= 4 is 45.0 Å². The van der Waals surface area contributed by atoms with E-state index in [2.05, 4.69) is 36.5 Å². The second kappa shape index (κ2) is 10.9. The Hall–Kier alpha value is -3.75. The van der Waals surface area contributed by atoms with Gasteiger partial charge in [-0.1, -0.05) is 41.4 Å². The van der Waals surface area contributed by atoms with Gasteiger partial charge in [-0.3, -0.25) is 4.72 Å². The van der Waals surface area contributed by atoms with Crippen LogP contribution in [0.25, 0.3) is 0 Å². The molecular weight excluding hydrogens is 506 g/mol. The van der Waals surface area contributed by atoms with E-state index in [-0.39, 0.29) is 16.5 Å². The van der Waals surface area contributed by atoms with Gasteiger partial charge < -0.3 is 14.6 Å². The number of benzene rings is 1. The van der Waals surface area contributed by atoms with Crippen LogP contribution in [0.2, 0.25) is 5.02 Å². The molecule has 1 saturated carbocycles. The summed E-state index contributed by atoms with van der Waals surface area (Å²) in [5.41, 5.74) is 0.909. The molecule has 4 rings (SSSR count). The van der Waals surface area contributed by atoms with Gasteiger partial charge in [0.25, 0.3) is 10.0 Å². The normalized spacial score (nSPS) is 13.5. The molecule has 0 spiro atoms. The number of amides is 2. The summed E-state index contributed by atoms with van der Waals surface area (Å²) in [6, 6.07) is 6.80. The molecule has 3 aromatic rings. The van der Waals surface area contributed by atoms with E-state index in [0.717, 1.165) is 19.0 Å². The molecule has 1 aliphatic rings. The van der Waals surface area contributed by atoms with Crippen LogP contribution in [0.15, 0.2) is 52.2 Å². The van der Waals surface area contributed by atoms with Crippen molar-refractivity contribution in [3.63, 3.8) is 0 Å². The SMILES string of the molecule is CNC(=O)N(c1ccc(S(=O)(=O)Nc2ccon2)cn1)c1cc(Cl)c(C#CC2CCCC2)cc1OC. The van der Waals surface area contributed by atoms with Gasteiger partial charge in [0.1, 0.15) is 22.7 Å². The van der Waals surface area contributed by atoms with E-state index < -0.39 is 16.1 Å². The molecule has 1 aromatic carbocycles. The molecule has 0 unspecified atom stereocenters. The number of sulfonamides is 1. The highest BCUT2D eigenvalue weighted by Gasteiger charge is 2.25. The molecule has 188 valence electrons. The van der Waals surface area contributed by atoms with Gasteiger partial charge in [0.05, 0.1) is 17.8 Å². The number of carbonyl (C=O) groups is 1. The number of nitrogens with zero attached hydrogens (tertiary/aromatic N) is 3. The molecule has 36 heavy (non-hydrogen) atoms. The van der Waals surface area contributed by atoms with Gasteiger partial charge >= 0.3 is 6.03 Å². The van der Waals surface area contributed by atoms with Gasteiger partial charge in [-0.25, -0.2) is 23.1 Å². The zero-order valence-corrected chi connectivity index (χ0v) is 21.2. The number of rotatable bonds is 6. The number of nitrogens with one attached hydrogen (secondary N) is 2. The molecule has 2 aromatic heterocycles. The third kappa shape index (κ3) is 5.56. The Kier molecular flexibility index (Phi) is 7.67. The van der Waals surface area contributed by atoms with Crippen molar-refractivity contribution < 1.29 is 22.5 Å². The fourth-order valence-electron chi connectivity index (χ4n) is 3.80. The smallest absolute Gasteiger partial charge is 0.327 e. The summed E-state index contributed by atoms with van der Waals surface area (Å²) in [6.07, 6.45) is 6.89. The molecule has 2 N–H and O–H groups in total. The maximum Gasteiger partial charge on any atom is 0.327 e. The number of halogens is 1. The maximum atomic E-state index is 12.9. The first-order valence-electron chi connectivity index (χ1n) is 11.1. The van der Waals surface area contributed by atoms with Crippen molar-refractivity contribution in [1.29, 1.82) is 0 Å². The van der Waals surface area contributed by atoms with E-state index >= 15 is 0 Å². The average molecular weight is 530 g/mol. The van der Waals surface area contributed by atoms with Crippen molar-refractivity contribution in [1.82, 2.24) is 15.5 Å². The van der Waals surface area contributed by atoms with E-state index in [4.69, 9.17) is 16.3 Å². The molecule has 2 heterocycles. The van der Waals surface area contributed by atoms with Gasteiger partial charge in [0.2, 0.25) is 0 Å². The summed E-state index contributed by atoms with van der Waals surface area (Å²) in [5.74, 6) is 7.29. The zero-order valence-electron chi connectivity index (χ0n) is 19.6. The summed E-state index contributed by atoms with van der Waals surface area (Å²) < 4.78 is 37.7. The minimum absolute atomic E-state index is 0.0292. The second-order valence-corrected chi connectivity index (χ2v) is 10.1. The first kappa shape index (κ1) is 25.3. The zero-order chi connectivity index (χ0) is 25.7. The van der Waals surface area contributed by atoms with Crippen LogP contribution >= 0.6 is 11.6 Å². The number of ether oxygens (including phenoxy) is 1. The Morgan fingerprint density at radius 3 is 2.64 bits per heavy atom. The standard InChI is InChI=1S/C24H24ClN5O5S/c1-26-24(31)30(23-10-9-18(15-27-23)36(32,33)29-22-11-12-35-28-22)20-14-19(25)17(13-21(20)34-2)8-7-16-5-3-4-6-16/h9-16H,3-6H2,1-2H3,(H,26,31)(H,28,29). The van der Waals surface area contributed by atoms with Gasteiger partial charge in [-0.2, -0.15) is 0 Å². The lowest BCUT2D eigenvalue weighted by Gasteiger charge is -2.24. The van der Waals surface area contributed by atoms with Crippen LogP contribution in [0.5, 0.6) is 5.75 Å².